The summed E-state index contributed by atoms with van der Waals surface area (Å²) in [7, 11) is 0. The second-order valence-electron chi connectivity index (χ2n) is 6.82. The number of aliphatic hydroxyl groups is 1. The van der Waals surface area contributed by atoms with E-state index < -0.39 is 17.3 Å². The number of fused-ring (bicyclic) bond motifs is 1. The van der Waals surface area contributed by atoms with E-state index in [1.54, 1.807) is 0 Å². The number of halogens is 3. The molecule has 2 aromatic rings. The van der Waals surface area contributed by atoms with E-state index in [4.69, 9.17) is 0 Å². The van der Waals surface area contributed by atoms with Gasteiger partial charge in [0.15, 0.2) is 0 Å². The highest BCUT2D eigenvalue weighted by atomic mass is 19.4. The van der Waals surface area contributed by atoms with Gasteiger partial charge in [-0.15, -0.1) is 0 Å². The Morgan fingerprint density at radius 2 is 1.62 bits per heavy atom. The number of amides is 1. The molecule has 2 aromatic carbocycles. The van der Waals surface area contributed by atoms with Gasteiger partial charge >= 0.3 is 6.18 Å². The molecule has 26 heavy (non-hydrogen) atoms. The topological polar surface area (TPSA) is 49.3 Å². The van der Waals surface area contributed by atoms with E-state index in [2.05, 4.69) is 5.32 Å². The summed E-state index contributed by atoms with van der Waals surface area (Å²) in [5.74, 6) is -0.228. The van der Waals surface area contributed by atoms with Crippen LogP contribution in [-0.4, -0.2) is 23.2 Å². The van der Waals surface area contributed by atoms with Gasteiger partial charge in [0, 0.05) is 25.8 Å². The van der Waals surface area contributed by atoms with Crippen molar-refractivity contribution in [2.24, 2.45) is 0 Å². The summed E-state index contributed by atoms with van der Waals surface area (Å²) in [5.41, 5.74) is 1.17. The van der Waals surface area contributed by atoms with Crippen molar-refractivity contribution < 1.29 is 23.1 Å². The van der Waals surface area contributed by atoms with Crippen LogP contribution in [0.3, 0.4) is 0 Å². The Bertz CT molecular complexity index is 759. The summed E-state index contributed by atoms with van der Waals surface area (Å²) in [4.78, 5) is 12.0. The monoisotopic (exact) mass is 363 g/mol. The van der Waals surface area contributed by atoms with Gasteiger partial charge in [-0.25, -0.2) is 0 Å². The molecular formula is C20H20F3NO2. The average molecular weight is 363 g/mol. The summed E-state index contributed by atoms with van der Waals surface area (Å²) in [6.45, 7) is 0.160. The lowest BCUT2D eigenvalue weighted by Crippen LogP contribution is -2.43. The van der Waals surface area contributed by atoms with Gasteiger partial charge in [-0.2, -0.15) is 13.2 Å². The van der Waals surface area contributed by atoms with E-state index in [0.29, 0.717) is 24.8 Å². The average Bonchev–Trinajstić information content (AvgIpc) is 2.94. The van der Waals surface area contributed by atoms with Crippen molar-refractivity contribution in [3.8, 4) is 0 Å². The van der Waals surface area contributed by atoms with Crippen LogP contribution in [0.2, 0.25) is 0 Å². The fourth-order valence-electron chi connectivity index (χ4n) is 3.27. The molecule has 1 aliphatic rings. The van der Waals surface area contributed by atoms with Crippen LogP contribution in [0.4, 0.5) is 13.2 Å². The number of nitrogens with one attached hydrogen (secondary N) is 1. The molecule has 138 valence electrons. The van der Waals surface area contributed by atoms with Crippen LogP contribution in [-0.2, 0) is 30.2 Å². The molecule has 0 spiro atoms. The minimum atomic E-state index is -4.36. The summed E-state index contributed by atoms with van der Waals surface area (Å²) in [5, 5.41) is 13.4. The number of carbonyl (C=O) groups excluding carboxylic acids is 1. The Morgan fingerprint density at radius 3 is 2.15 bits per heavy atom. The van der Waals surface area contributed by atoms with E-state index in [1.165, 1.54) is 12.1 Å². The molecule has 0 bridgehead atoms. The molecule has 3 nitrogen and oxygen atoms in total. The van der Waals surface area contributed by atoms with Crippen LogP contribution in [0.5, 0.6) is 0 Å². The molecule has 0 aliphatic heterocycles. The number of aryl methyl sites for hydroxylation is 1. The standard InChI is InChI=1S/C20H20F3NO2/c21-20(22,23)17-8-5-14(6-9-17)7-10-18(25)24-13-19(26)11-15-3-1-2-4-16(15)12-19/h1-6,8-9,26H,7,10-13H2,(H,24,25). The van der Waals surface area contributed by atoms with Crippen LogP contribution >= 0.6 is 0 Å². The molecular weight excluding hydrogens is 343 g/mol. The molecule has 3 rings (SSSR count). The Hall–Kier alpha value is -2.34. The van der Waals surface area contributed by atoms with Crippen molar-refractivity contribution >= 4 is 5.91 Å². The van der Waals surface area contributed by atoms with Crippen molar-refractivity contribution in [1.82, 2.24) is 5.32 Å². The van der Waals surface area contributed by atoms with E-state index >= 15 is 0 Å². The first-order valence-corrected chi connectivity index (χ1v) is 8.47. The highest BCUT2D eigenvalue weighted by Crippen LogP contribution is 2.30. The number of alkyl halides is 3. The SMILES string of the molecule is O=C(CCc1ccc(C(F)(F)F)cc1)NCC1(O)Cc2ccccc2C1. The molecule has 1 amide bonds. The number of hydrogen-bond donors (Lipinski definition) is 2. The minimum absolute atomic E-state index is 0.160. The van der Waals surface area contributed by atoms with Gasteiger partial charge in [0.1, 0.15) is 0 Å². The predicted molar refractivity (Wildman–Crippen MR) is 91.6 cm³/mol. The fourth-order valence-corrected chi connectivity index (χ4v) is 3.27. The van der Waals surface area contributed by atoms with Crippen LogP contribution in [0.1, 0.15) is 28.7 Å². The smallest absolute Gasteiger partial charge is 0.387 e. The fraction of sp³-hybridized carbons (Fsp3) is 0.350. The normalized spacial score (nSPS) is 15.5. The Morgan fingerprint density at radius 1 is 1.04 bits per heavy atom. The number of carbonyl (C=O) groups is 1. The Balaban J connectivity index is 1.46. The number of hydrogen-bond acceptors (Lipinski definition) is 2. The maximum atomic E-state index is 12.5. The van der Waals surface area contributed by atoms with Gasteiger partial charge in [0.25, 0.3) is 0 Å². The molecule has 0 saturated heterocycles. The molecule has 0 unspecified atom stereocenters. The van der Waals surface area contributed by atoms with Gasteiger partial charge in [-0.1, -0.05) is 36.4 Å². The third kappa shape index (κ3) is 4.43. The zero-order valence-corrected chi connectivity index (χ0v) is 14.1. The Kier molecular flexibility index (Phi) is 5.05. The second-order valence-corrected chi connectivity index (χ2v) is 6.82. The number of benzene rings is 2. The zero-order valence-electron chi connectivity index (χ0n) is 14.1. The van der Waals surface area contributed by atoms with Crippen molar-refractivity contribution in [2.75, 3.05) is 6.54 Å². The maximum absolute atomic E-state index is 12.5. The molecule has 0 aromatic heterocycles. The minimum Gasteiger partial charge on any atom is -0.387 e. The van der Waals surface area contributed by atoms with Crippen LogP contribution < -0.4 is 5.32 Å². The first-order valence-electron chi connectivity index (χ1n) is 8.47. The largest absolute Gasteiger partial charge is 0.416 e. The summed E-state index contributed by atoms with van der Waals surface area (Å²) >= 11 is 0. The van der Waals surface area contributed by atoms with E-state index in [-0.39, 0.29) is 18.9 Å². The lowest BCUT2D eigenvalue weighted by atomic mass is 10.0. The quantitative estimate of drug-likeness (QED) is 0.857. The van der Waals surface area contributed by atoms with Gasteiger partial charge in [-0.05, 0) is 35.2 Å². The molecule has 1 aliphatic carbocycles. The van der Waals surface area contributed by atoms with Crippen LogP contribution in [0, 0.1) is 0 Å². The molecule has 6 heteroatoms. The first-order chi connectivity index (χ1) is 12.3. The molecule has 0 atom stereocenters. The summed E-state index contributed by atoms with van der Waals surface area (Å²) in [6.07, 6.45) is -2.84. The second kappa shape index (κ2) is 7.11. The Labute approximate surface area is 149 Å². The highest BCUT2D eigenvalue weighted by molar-refractivity contribution is 5.76. The maximum Gasteiger partial charge on any atom is 0.416 e. The number of rotatable bonds is 5. The highest BCUT2D eigenvalue weighted by Gasteiger charge is 2.35. The van der Waals surface area contributed by atoms with Crippen molar-refractivity contribution in [2.45, 2.75) is 37.5 Å². The molecule has 0 heterocycles. The van der Waals surface area contributed by atoms with Gasteiger partial charge in [-0.3, -0.25) is 4.79 Å². The first kappa shape index (κ1) is 18.5. The summed E-state index contributed by atoms with van der Waals surface area (Å²) in [6, 6.07) is 12.6. The molecule has 0 fully saturated rings. The third-order valence-corrected chi connectivity index (χ3v) is 4.69. The van der Waals surface area contributed by atoms with Gasteiger partial charge < -0.3 is 10.4 Å². The van der Waals surface area contributed by atoms with Crippen LogP contribution in [0.15, 0.2) is 48.5 Å². The van der Waals surface area contributed by atoms with Crippen molar-refractivity contribution in [3.63, 3.8) is 0 Å². The predicted octanol–water partition coefficient (Wildman–Crippen LogP) is 3.28. The third-order valence-electron chi connectivity index (χ3n) is 4.69. The lowest BCUT2D eigenvalue weighted by Gasteiger charge is -2.22. The molecule has 0 radical (unpaired) electrons. The van der Waals surface area contributed by atoms with E-state index in [9.17, 15) is 23.1 Å². The van der Waals surface area contributed by atoms with E-state index in [0.717, 1.165) is 23.3 Å². The lowest BCUT2D eigenvalue weighted by molar-refractivity contribution is -0.137. The van der Waals surface area contributed by atoms with Crippen molar-refractivity contribution in [3.05, 3.63) is 70.8 Å². The van der Waals surface area contributed by atoms with Gasteiger partial charge in [0.2, 0.25) is 5.91 Å². The zero-order chi connectivity index (χ0) is 18.8. The summed E-state index contributed by atoms with van der Waals surface area (Å²) < 4.78 is 37.6. The van der Waals surface area contributed by atoms with Crippen molar-refractivity contribution in [1.29, 1.82) is 0 Å². The molecule has 2 N–H and O–H groups in total. The van der Waals surface area contributed by atoms with Gasteiger partial charge in [0.05, 0.1) is 11.2 Å². The molecule has 0 saturated carbocycles. The van der Waals surface area contributed by atoms with Crippen LogP contribution in [0.25, 0.3) is 0 Å². The van der Waals surface area contributed by atoms with E-state index in [1.807, 2.05) is 24.3 Å².